The van der Waals surface area contributed by atoms with Gasteiger partial charge in [-0.1, -0.05) is 11.6 Å². The smallest absolute Gasteiger partial charge is 0.355 e. The van der Waals surface area contributed by atoms with Gasteiger partial charge in [0.25, 0.3) is 5.91 Å². The highest BCUT2D eigenvalue weighted by molar-refractivity contribution is 6.30. The summed E-state index contributed by atoms with van der Waals surface area (Å²) < 4.78 is 10.6. The quantitative estimate of drug-likeness (QED) is 0.455. The van der Waals surface area contributed by atoms with Crippen molar-refractivity contribution in [2.45, 2.75) is 53.6 Å². The number of aromatic amines is 1. The summed E-state index contributed by atoms with van der Waals surface area (Å²) in [5.41, 5.74) is 1.73. The second-order valence-corrected chi connectivity index (χ2v) is 7.96. The van der Waals surface area contributed by atoms with Crippen molar-refractivity contribution in [3.8, 4) is 5.75 Å². The molecule has 1 heterocycles. The van der Waals surface area contributed by atoms with E-state index in [1.165, 1.54) is 4.90 Å². The maximum absolute atomic E-state index is 13.3. The summed E-state index contributed by atoms with van der Waals surface area (Å²) in [6.07, 6.45) is 0. The molecule has 1 atom stereocenters. The fourth-order valence-electron chi connectivity index (χ4n) is 3.56. The average molecular weight is 449 g/mol. The molecule has 1 aromatic carbocycles. The van der Waals surface area contributed by atoms with Crippen molar-refractivity contribution in [2.24, 2.45) is 0 Å². The van der Waals surface area contributed by atoms with E-state index in [-0.39, 0.29) is 36.6 Å². The first-order valence-electron chi connectivity index (χ1n) is 10.2. The number of halogens is 1. The standard InChI is InChI=1S/C23H29ClN2O5/c1-7-30-23(29)21-14(4)20(15(5)25-21)22(28)16(6)26(13(2)3)19(27)12-31-18-10-8-17(24)9-11-18/h8-11,13,16,25H,7,12H2,1-6H3. The van der Waals surface area contributed by atoms with Gasteiger partial charge in [-0.2, -0.15) is 0 Å². The molecule has 0 bridgehead atoms. The Morgan fingerprint density at radius 1 is 1.10 bits per heavy atom. The third-order valence-corrected chi connectivity index (χ3v) is 5.23. The van der Waals surface area contributed by atoms with E-state index >= 15 is 0 Å². The highest BCUT2D eigenvalue weighted by Crippen LogP contribution is 2.23. The number of hydrogen-bond acceptors (Lipinski definition) is 5. The van der Waals surface area contributed by atoms with Crippen molar-refractivity contribution in [3.05, 3.63) is 51.8 Å². The van der Waals surface area contributed by atoms with Crippen LogP contribution in [-0.2, 0) is 9.53 Å². The summed E-state index contributed by atoms with van der Waals surface area (Å²) in [5.74, 6) is -0.572. The molecule has 1 unspecified atom stereocenters. The minimum absolute atomic E-state index is 0.212. The molecule has 7 nitrogen and oxygen atoms in total. The van der Waals surface area contributed by atoms with Crippen molar-refractivity contribution in [1.82, 2.24) is 9.88 Å². The SMILES string of the molecule is CCOC(=O)c1[nH]c(C)c(C(=O)C(C)N(C(=O)COc2ccc(Cl)cc2)C(C)C)c1C. The fraction of sp³-hybridized carbons (Fsp3) is 0.435. The van der Waals surface area contributed by atoms with Crippen molar-refractivity contribution >= 4 is 29.3 Å². The molecular weight excluding hydrogens is 420 g/mol. The van der Waals surface area contributed by atoms with E-state index in [4.69, 9.17) is 21.1 Å². The summed E-state index contributed by atoms with van der Waals surface area (Å²) in [7, 11) is 0. The van der Waals surface area contributed by atoms with E-state index in [2.05, 4.69) is 4.98 Å². The summed E-state index contributed by atoms with van der Waals surface area (Å²) in [6.45, 7) is 10.5. The van der Waals surface area contributed by atoms with E-state index in [1.54, 1.807) is 52.0 Å². The van der Waals surface area contributed by atoms with Crippen LogP contribution in [0.2, 0.25) is 5.02 Å². The van der Waals surface area contributed by atoms with Crippen molar-refractivity contribution < 1.29 is 23.9 Å². The van der Waals surface area contributed by atoms with Crippen LogP contribution in [0.5, 0.6) is 5.75 Å². The normalized spacial score (nSPS) is 11.9. The zero-order valence-corrected chi connectivity index (χ0v) is 19.5. The molecule has 0 aliphatic carbocycles. The van der Waals surface area contributed by atoms with Crippen LogP contribution in [0.4, 0.5) is 0 Å². The van der Waals surface area contributed by atoms with Crippen LogP contribution in [0.3, 0.4) is 0 Å². The summed E-state index contributed by atoms with van der Waals surface area (Å²) in [5, 5.41) is 0.570. The molecule has 168 valence electrons. The number of rotatable bonds is 9. The number of aryl methyl sites for hydroxylation is 1. The number of ether oxygens (including phenoxy) is 2. The molecule has 2 aromatic rings. The van der Waals surface area contributed by atoms with E-state index in [9.17, 15) is 14.4 Å². The number of carbonyl (C=O) groups is 3. The Morgan fingerprint density at radius 2 is 1.71 bits per heavy atom. The third kappa shape index (κ3) is 5.67. The molecule has 1 aromatic heterocycles. The van der Waals surface area contributed by atoms with Crippen molar-refractivity contribution in [3.63, 3.8) is 0 Å². The van der Waals surface area contributed by atoms with Gasteiger partial charge in [0, 0.05) is 22.3 Å². The van der Waals surface area contributed by atoms with Crippen molar-refractivity contribution in [2.75, 3.05) is 13.2 Å². The van der Waals surface area contributed by atoms with Gasteiger partial charge in [0.2, 0.25) is 0 Å². The predicted octanol–water partition coefficient (Wildman–Crippen LogP) is 4.35. The lowest BCUT2D eigenvalue weighted by Crippen LogP contribution is -2.49. The topological polar surface area (TPSA) is 88.7 Å². The number of hydrogen-bond donors (Lipinski definition) is 1. The average Bonchev–Trinajstić information content (AvgIpc) is 3.01. The van der Waals surface area contributed by atoms with Gasteiger partial charge in [-0.25, -0.2) is 4.79 Å². The largest absolute Gasteiger partial charge is 0.484 e. The first-order chi connectivity index (χ1) is 14.6. The number of Topliss-reactive ketones (excluding diaryl/α,β-unsaturated/α-hetero) is 1. The zero-order valence-electron chi connectivity index (χ0n) is 18.7. The molecule has 0 spiro atoms. The number of nitrogens with one attached hydrogen (secondary N) is 1. The molecular formula is C23H29ClN2O5. The lowest BCUT2D eigenvalue weighted by Gasteiger charge is -2.32. The lowest BCUT2D eigenvalue weighted by molar-refractivity contribution is -0.136. The summed E-state index contributed by atoms with van der Waals surface area (Å²) in [4.78, 5) is 42.8. The molecule has 1 amide bonds. The number of amides is 1. The fourth-order valence-corrected chi connectivity index (χ4v) is 3.69. The van der Waals surface area contributed by atoms with Crippen LogP contribution in [-0.4, -0.2) is 52.8 Å². The van der Waals surface area contributed by atoms with Crippen molar-refractivity contribution in [1.29, 1.82) is 0 Å². The van der Waals surface area contributed by atoms with Gasteiger partial charge >= 0.3 is 5.97 Å². The second-order valence-electron chi connectivity index (χ2n) is 7.52. The van der Waals surface area contributed by atoms with Gasteiger partial charge in [-0.3, -0.25) is 9.59 Å². The maximum atomic E-state index is 13.3. The number of nitrogens with zero attached hydrogens (tertiary/aromatic N) is 1. The lowest BCUT2D eigenvalue weighted by atomic mass is 9.99. The third-order valence-electron chi connectivity index (χ3n) is 4.98. The van der Waals surface area contributed by atoms with Gasteiger partial charge in [0.15, 0.2) is 12.4 Å². The molecule has 0 radical (unpaired) electrons. The molecule has 0 aliphatic heterocycles. The molecule has 0 saturated heterocycles. The molecule has 0 aliphatic rings. The molecule has 2 rings (SSSR count). The second kappa shape index (κ2) is 10.5. The Hall–Kier alpha value is -2.80. The van der Waals surface area contributed by atoms with Gasteiger partial charge in [-0.15, -0.1) is 0 Å². The Bertz CT molecular complexity index is 950. The number of H-pyrrole nitrogens is 1. The maximum Gasteiger partial charge on any atom is 0.355 e. The number of benzene rings is 1. The predicted molar refractivity (Wildman–Crippen MR) is 119 cm³/mol. The van der Waals surface area contributed by atoms with Crippen LogP contribution in [0.25, 0.3) is 0 Å². The highest BCUT2D eigenvalue weighted by Gasteiger charge is 2.32. The molecule has 0 saturated carbocycles. The van der Waals surface area contributed by atoms with Gasteiger partial charge in [0.1, 0.15) is 11.4 Å². The summed E-state index contributed by atoms with van der Waals surface area (Å²) in [6, 6.07) is 5.72. The number of carbonyl (C=O) groups excluding carboxylic acids is 3. The van der Waals surface area contributed by atoms with Crippen LogP contribution >= 0.6 is 11.6 Å². The van der Waals surface area contributed by atoms with E-state index in [1.807, 2.05) is 13.8 Å². The van der Waals surface area contributed by atoms with E-state index in [0.29, 0.717) is 27.6 Å². The number of esters is 1. The Morgan fingerprint density at radius 3 is 2.26 bits per heavy atom. The first-order valence-corrected chi connectivity index (χ1v) is 10.6. The van der Waals surface area contributed by atoms with E-state index in [0.717, 1.165) is 0 Å². The Kier molecular flexibility index (Phi) is 8.28. The molecule has 0 fully saturated rings. The minimum Gasteiger partial charge on any atom is -0.484 e. The Labute approximate surface area is 187 Å². The Balaban J connectivity index is 2.21. The minimum atomic E-state index is -0.746. The van der Waals surface area contributed by atoms with Crippen LogP contribution in [0.15, 0.2) is 24.3 Å². The van der Waals surface area contributed by atoms with Crippen LogP contribution < -0.4 is 4.74 Å². The molecule has 31 heavy (non-hydrogen) atoms. The monoisotopic (exact) mass is 448 g/mol. The summed E-state index contributed by atoms with van der Waals surface area (Å²) >= 11 is 5.87. The van der Waals surface area contributed by atoms with Crippen LogP contribution in [0, 0.1) is 13.8 Å². The number of ketones is 1. The highest BCUT2D eigenvalue weighted by atomic mass is 35.5. The zero-order chi connectivity index (χ0) is 23.3. The molecule has 8 heteroatoms. The van der Waals surface area contributed by atoms with E-state index < -0.39 is 12.0 Å². The molecule has 1 N–H and O–H groups in total. The van der Waals surface area contributed by atoms with Gasteiger partial charge in [0.05, 0.1) is 12.6 Å². The van der Waals surface area contributed by atoms with Crippen LogP contribution in [0.1, 0.15) is 59.8 Å². The van der Waals surface area contributed by atoms with Gasteiger partial charge < -0.3 is 19.4 Å². The van der Waals surface area contributed by atoms with Gasteiger partial charge in [-0.05, 0) is 71.4 Å². The first kappa shape index (κ1) is 24.5. The number of aromatic nitrogens is 1.